The van der Waals surface area contributed by atoms with E-state index in [0.717, 1.165) is 17.7 Å². The van der Waals surface area contributed by atoms with Crippen molar-refractivity contribution in [2.45, 2.75) is 33.1 Å². The maximum Gasteiger partial charge on any atom is 0.361 e. The number of aromatic amines is 1. The van der Waals surface area contributed by atoms with E-state index in [9.17, 15) is 4.79 Å². The highest BCUT2D eigenvalue weighted by Gasteiger charge is 2.18. The Labute approximate surface area is 129 Å². The summed E-state index contributed by atoms with van der Waals surface area (Å²) in [5, 5.41) is 10.4. The third-order valence-corrected chi connectivity index (χ3v) is 3.16. The zero-order valence-electron chi connectivity index (χ0n) is 13.0. The standard InChI is InChI=1S/C16H21N3O3/c1-3-5-6-11-22-13-9-7-12(8-10-13)14-15(18-19-17-14)16(20)21-4-2/h7-10H,3-6,11H2,1-2H3,(H,17,18,19). The van der Waals surface area contributed by atoms with Crippen LogP contribution in [0.5, 0.6) is 5.75 Å². The monoisotopic (exact) mass is 303 g/mol. The van der Waals surface area contributed by atoms with Gasteiger partial charge >= 0.3 is 5.97 Å². The number of hydrogen-bond acceptors (Lipinski definition) is 5. The largest absolute Gasteiger partial charge is 0.494 e. The van der Waals surface area contributed by atoms with Gasteiger partial charge < -0.3 is 9.47 Å². The van der Waals surface area contributed by atoms with Crippen molar-refractivity contribution in [1.82, 2.24) is 15.4 Å². The molecule has 1 N–H and O–H groups in total. The lowest BCUT2D eigenvalue weighted by Gasteiger charge is -2.06. The van der Waals surface area contributed by atoms with Crippen molar-refractivity contribution in [2.75, 3.05) is 13.2 Å². The van der Waals surface area contributed by atoms with Crippen molar-refractivity contribution >= 4 is 5.97 Å². The summed E-state index contributed by atoms with van der Waals surface area (Å²) >= 11 is 0. The highest BCUT2D eigenvalue weighted by Crippen LogP contribution is 2.23. The minimum atomic E-state index is -0.480. The zero-order valence-corrected chi connectivity index (χ0v) is 13.0. The van der Waals surface area contributed by atoms with Crippen molar-refractivity contribution in [3.8, 4) is 17.0 Å². The maximum absolute atomic E-state index is 11.8. The number of carbonyl (C=O) groups excluding carboxylic acids is 1. The van der Waals surface area contributed by atoms with Crippen LogP contribution in [0.3, 0.4) is 0 Å². The second-order valence-electron chi connectivity index (χ2n) is 4.82. The van der Waals surface area contributed by atoms with Gasteiger partial charge in [-0.25, -0.2) is 4.79 Å². The van der Waals surface area contributed by atoms with Crippen LogP contribution >= 0.6 is 0 Å². The first-order valence-electron chi connectivity index (χ1n) is 7.57. The second-order valence-corrected chi connectivity index (χ2v) is 4.82. The van der Waals surface area contributed by atoms with Gasteiger partial charge in [0.15, 0.2) is 5.69 Å². The van der Waals surface area contributed by atoms with E-state index in [0.29, 0.717) is 18.9 Å². The molecule has 0 unspecified atom stereocenters. The van der Waals surface area contributed by atoms with Crippen LogP contribution in [0.2, 0.25) is 0 Å². The maximum atomic E-state index is 11.8. The minimum absolute atomic E-state index is 0.193. The lowest BCUT2D eigenvalue weighted by atomic mass is 10.1. The molecule has 0 aliphatic rings. The van der Waals surface area contributed by atoms with Crippen LogP contribution in [0, 0.1) is 0 Å². The Morgan fingerprint density at radius 3 is 2.59 bits per heavy atom. The molecule has 6 heteroatoms. The SMILES string of the molecule is CCCCCOc1ccc(-c2n[nH]nc2C(=O)OCC)cc1. The molecule has 1 heterocycles. The van der Waals surface area contributed by atoms with Gasteiger partial charge in [-0.2, -0.15) is 10.3 Å². The summed E-state index contributed by atoms with van der Waals surface area (Å²) in [7, 11) is 0. The number of hydrogen-bond donors (Lipinski definition) is 1. The summed E-state index contributed by atoms with van der Waals surface area (Å²) in [4.78, 5) is 11.8. The Balaban J connectivity index is 2.04. The summed E-state index contributed by atoms with van der Waals surface area (Å²) in [6.45, 7) is 4.93. The number of carbonyl (C=O) groups is 1. The molecule has 0 saturated carbocycles. The topological polar surface area (TPSA) is 77.1 Å². The van der Waals surface area contributed by atoms with Crippen LogP contribution in [0.1, 0.15) is 43.6 Å². The number of nitrogens with one attached hydrogen (secondary N) is 1. The first-order valence-corrected chi connectivity index (χ1v) is 7.57. The lowest BCUT2D eigenvalue weighted by molar-refractivity contribution is 0.0520. The molecule has 0 bridgehead atoms. The molecule has 22 heavy (non-hydrogen) atoms. The van der Waals surface area contributed by atoms with E-state index < -0.39 is 5.97 Å². The molecule has 1 aromatic heterocycles. The Bertz CT molecular complexity index is 593. The molecule has 118 valence electrons. The van der Waals surface area contributed by atoms with E-state index in [1.807, 2.05) is 24.3 Å². The van der Waals surface area contributed by atoms with Gasteiger partial charge in [-0.1, -0.05) is 19.8 Å². The van der Waals surface area contributed by atoms with E-state index in [4.69, 9.17) is 9.47 Å². The smallest absolute Gasteiger partial charge is 0.361 e. The molecule has 0 fully saturated rings. The van der Waals surface area contributed by atoms with Gasteiger partial charge in [0.25, 0.3) is 0 Å². The summed E-state index contributed by atoms with van der Waals surface area (Å²) < 4.78 is 10.6. The highest BCUT2D eigenvalue weighted by molar-refractivity contribution is 5.93. The van der Waals surface area contributed by atoms with Gasteiger partial charge in [0.1, 0.15) is 11.4 Å². The number of esters is 1. The van der Waals surface area contributed by atoms with Crippen molar-refractivity contribution in [3.63, 3.8) is 0 Å². The van der Waals surface area contributed by atoms with Crippen LogP contribution in [0.15, 0.2) is 24.3 Å². The molecule has 0 amide bonds. The zero-order chi connectivity index (χ0) is 15.8. The molecule has 2 rings (SSSR count). The van der Waals surface area contributed by atoms with Crippen LogP contribution < -0.4 is 4.74 Å². The summed E-state index contributed by atoms with van der Waals surface area (Å²) in [5.74, 6) is 0.326. The molecule has 0 radical (unpaired) electrons. The Morgan fingerprint density at radius 2 is 1.91 bits per heavy atom. The van der Waals surface area contributed by atoms with Crippen LogP contribution in [0.4, 0.5) is 0 Å². The predicted molar refractivity (Wildman–Crippen MR) is 82.8 cm³/mol. The third kappa shape index (κ3) is 4.07. The van der Waals surface area contributed by atoms with E-state index in [1.165, 1.54) is 12.8 Å². The van der Waals surface area contributed by atoms with Crippen LogP contribution in [-0.2, 0) is 4.74 Å². The summed E-state index contributed by atoms with van der Waals surface area (Å²) in [6.07, 6.45) is 3.39. The number of rotatable bonds is 8. The highest BCUT2D eigenvalue weighted by atomic mass is 16.5. The third-order valence-electron chi connectivity index (χ3n) is 3.16. The summed E-state index contributed by atoms with van der Waals surface area (Å²) in [5.41, 5.74) is 1.46. The first kappa shape index (κ1) is 16.0. The van der Waals surface area contributed by atoms with Crippen LogP contribution in [-0.4, -0.2) is 34.6 Å². The fourth-order valence-electron chi connectivity index (χ4n) is 2.03. The quantitative estimate of drug-likeness (QED) is 0.598. The molecule has 0 saturated heterocycles. The molecular weight excluding hydrogens is 282 g/mol. The molecule has 0 spiro atoms. The minimum Gasteiger partial charge on any atom is -0.494 e. The van der Waals surface area contributed by atoms with Gasteiger partial charge in [0.05, 0.1) is 13.2 Å². The number of ether oxygens (including phenoxy) is 2. The van der Waals surface area contributed by atoms with Gasteiger partial charge in [-0.15, -0.1) is 5.10 Å². The molecule has 0 aliphatic carbocycles. The van der Waals surface area contributed by atoms with E-state index in [2.05, 4.69) is 22.3 Å². The van der Waals surface area contributed by atoms with Crippen LogP contribution in [0.25, 0.3) is 11.3 Å². The lowest BCUT2D eigenvalue weighted by Crippen LogP contribution is -2.06. The molecule has 1 aromatic carbocycles. The van der Waals surface area contributed by atoms with Gasteiger partial charge in [-0.05, 0) is 37.6 Å². The molecule has 0 atom stereocenters. The Morgan fingerprint density at radius 1 is 1.14 bits per heavy atom. The fourth-order valence-corrected chi connectivity index (χ4v) is 2.03. The average Bonchev–Trinajstić information content (AvgIpc) is 3.02. The van der Waals surface area contributed by atoms with E-state index in [-0.39, 0.29) is 5.69 Å². The second kappa shape index (κ2) is 8.17. The number of H-pyrrole nitrogens is 1. The summed E-state index contributed by atoms with van der Waals surface area (Å²) in [6, 6.07) is 7.45. The van der Waals surface area contributed by atoms with Gasteiger partial charge in [0.2, 0.25) is 0 Å². The average molecular weight is 303 g/mol. The molecule has 6 nitrogen and oxygen atoms in total. The molecule has 0 aliphatic heterocycles. The van der Waals surface area contributed by atoms with Gasteiger partial charge in [-0.3, -0.25) is 0 Å². The van der Waals surface area contributed by atoms with Crippen molar-refractivity contribution in [2.24, 2.45) is 0 Å². The van der Waals surface area contributed by atoms with Crippen molar-refractivity contribution in [1.29, 1.82) is 0 Å². The number of benzene rings is 1. The molecule has 2 aromatic rings. The Kier molecular flexibility index (Phi) is 5.94. The van der Waals surface area contributed by atoms with Crippen molar-refractivity contribution in [3.05, 3.63) is 30.0 Å². The van der Waals surface area contributed by atoms with Gasteiger partial charge in [0, 0.05) is 5.56 Å². The van der Waals surface area contributed by atoms with E-state index in [1.54, 1.807) is 6.92 Å². The predicted octanol–water partition coefficient (Wildman–Crippen LogP) is 3.22. The fraction of sp³-hybridized carbons (Fsp3) is 0.438. The van der Waals surface area contributed by atoms with E-state index >= 15 is 0 Å². The number of nitrogens with zero attached hydrogens (tertiary/aromatic N) is 2. The first-order chi connectivity index (χ1) is 10.8. The number of aromatic nitrogens is 3. The normalized spacial score (nSPS) is 10.5. The molecular formula is C16H21N3O3. The Hall–Kier alpha value is -2.37. The number of unbranched alkanes of at least 4 members (excludes halogenated alkanes) is 2. The van der Waals surface area contributed by atoms with Crippen molar-refractivity contribution < 1.29 is 14.3 Å².